The lowest BCUT2D eigenvalue weighted by molar-refractivity contribution is 0.409. The van der Waals surface area contributed by atoms with Gasteiger partial charge in [0.15, 0.2) is 0 Å². The van der Waals surface area contributed by atoms with E-state index in [0.717, 1.165) is 11.3 Å². The van der Waals surface area contributed by atoms with E-state index in [2.05, 4.69) is 33.9 Å². The van der Waals surface area contributed by atoms with E-state index in [1.54, 1.807) is 18.4 Å². The number of pyridine rings is 1. The van der Waals surface area contributed by atoms with Crippen LogP contribution in [0, 0.1) is 0 Å². The zero-order valence-electron chi connectivity index (χ0n) is 11.5. The minimum atomic E-state index is 0.109. The lowest BCUT2D eigenvalue weighted by atomic mass is 10.00. The summed E-state index contributed by atoms with van der Waals surface area (Å²) in [5.74, 6) is 0.926. The van der Waals surface area contributed by atoms with Gasteiger partial charge in [0.25, 0.3) is 0 Å². The molecule has 1 unspecified atom stereocenters. The Kier molecular flexibility index (Phi) is 3.67. The Bertz CT molecular complexity index is 718. The zero-order chi connectivity index (χ0) is 13.9. The normalized spacial score (nSPS) is 12.5. The van der Waals surface area contributed by atoms with Crippen LogP contribution < -0.4 is 10.1 Å². The Balaban J connectivity index is 2.17. The van der Waals surface area contributed by atoms with Crippen molar-refractivity contribution in [1.29, 1.82) is 0 Å². The molecule has 20 heavy (non-hydrogen) atoms. The number of hydrogen-bond donors (Lipinski definition) is 1. The fourth-order valence-electron chi connectivity index (χ4n) is 2.49. The van der Waals surface area contributed by atoms with Crippen LogP contribution in [0.4, 0.5) is 0 Å². The number of aromatic nitrogens is 1. The van der Waals surface area contributed by atoms with E-state index in [4.69, 9.17) is 4.74 Å². The van der Waals surface area contributed by atoms with Crippen molar-refractivity contribution in [2.75, 3.05) is 14.2 Å². The van der Waals surface area contributed by atoms with E-state index >= 15 is 0 Å². The van der Waals surface area contributed by atoms with Crippen LogP contribution in [0.25, 0.3) is 10.9 Å². The van der Waals surface area contributed by atoms with Gasteiger partial charge in [0.1, 0.15) is 5.75 Å². The predicted molar refractivity (Wildman–Crippen MR) is 83.5 cm³/mol. The smallest absolute Gasteiger partial charge is 0.134 e. The highest BCUT2D eigenvalue weighted by molar-refractivity contribution is 7.10. The summed E-state index contributed by atoms with van der Waals surface area (Å²) >= 11 is 1.70. The molecular weight excluding hydrogens is 268 g/mol. The third-order valence-electron chi connectivity index (χ3n) is 3.42. The van der Waals surface area contributed by atoms with Gasteiger partial charge >= 0.3 is 0 Å². The SMILES string of the molecule is CNC(c1sccc1OC)c1cccc2ncccc12. The summed E-state index contributed by atoms with van der Waals surface area (Å²) in [6.07, 6.45) is 1.83. The Labute approximate surface area is 122 Å². The highest BCUT2D eigenvalue weighted by Crippen LogP contribution is 2.36. The minimum absolute atomic E-state index is 0.109. The molecular formula is C16H16N2OS. The van der Waals surface area contributed by atoms with Gasteiger partial charge in [-0.15, -0.1) is 11.3 Å². The molecule has 102 valence electrons. The number of nitrogens with zero attached hydrogens (tertiary/aromatic N) is 1. The fourth-order valence-corrected chi connectivity index (χ4v) is 3.48. The van der Waals surface area contributed by atoms with Crippen molar-refractivity contribution in [3.05, 3.63) is 58.4 Å². The summed E-state index contributed by atoms with van der Waals surface area (Å²) in [6.45, 7) is 0. The summed E-state index contributed by atoms with van der Waals surface area (Å²) in [5, 5.41) is 6.62. The summed E-state index contributed by atoms with van der Waals surface area (Å²) in [7, 11) is 3.68. The maximum Gasteiger partial charge on any atom is 0.134 e. The predicted octanol–water partition coefficient (Wildman–Crippen LogP) is 3.61. The van der Waals surface area contributed by atoms with E-state index in [9.17, 15) is 0 Å². The van der Waals surface area contributed by atoms with Crippen LogP contribution >= 0.6 is 11.3 Å². The molecule has 1 N–H and O–H groups in total. The number of fused-ring (bicyclic) bond motifs is 1. The standard InChI is InChI=1S/C16H16N2OS/c1-17-15(16-14(19-2)8-10-20-16)12-5-3-7-13-11(12)6-4-9-18-13/h3-10,15,17H,1-2H3. The number of ether oxygens (including phenoxy) is 1. The summed E-state index contributed by atoms with van der Waals surface area (Å²) in [4.78, 5) is 5.61. The molecule has 4 heteroatoms. The molecule has 0 aliphatic carbocycles. The van der Waals surface area contributed by atoms with Crippen LogP contribution in [0.15, 0.2) is 48.0 Å². The number of nitrogens with one attached hydrogen (secondary N) is 1. The molecule has 0 aliphatic heterocycles. The quantitative estimate of drug-likeness (QED) is 0.794. The second kappa shape index (κ2) is 5.61. The van der Waals surface area contributed by atoms with E-state index in [1.807, 2.05) is 31.4 Å². The average molecular weight is 284 g/mol. The second-order valence-electron chi connectivity index (χ2n) is 4.49. The van der Waals surface area contributed by atoms with Gasteiger partial charge in [0.2, 0.25) is 0 Å². The van der Waals surface area contributed by atoms with Crippen molar-refractivity contribution in [1.82, 2.24) is 10.3 Å². The van der Waals surface area contributed by atoms with Crippen LogP contribution in [0.2, 0.25) is 0 Å². The van der Waals surface area contributed by atoms with Crippen molar-refractivity contribution in [3.8, 4) is 5.75 Å². The first-order valence-corrected chi connectivity index (χ1v) is 7.35. The maximum atomic E-state index is 5.46. The fraction of sp³-hybridized carbons (Fsp3) is 0.188. The summed E-state index contributed by atoms with van der Waals surface area (Å²) in [5.41, 5.74) is 2.24. The molecule has 1 atom stereocenters. The van der Waals surface area contributed by atoms with Gasteiger partial charge in [-0.1, -0.05) is 18.2 Å². The molecule has 0 amide bonds. The molecule has 1 aromatic carbocycles. The first-order chi connectivity index (χ1) is 9.85. The number of rotatable bonds is 4. The molecule has 0 fully saturated rings. The van der Waals surface area contributed by atoms with Crippen molar-refractivity contribution < 1.29 is 4.74 Å². The number of methoxy groups -OCH3 is 1. The molecule has 2 aromatic heterocycles. The molecule has 3 nitrogen and oxygen atoms in total. The maximum absolute atomic E-state index is 5.46. The second-order valence-corrected chi connectivity index (χ2v) is 5.44. The average Bonchev–Trinajstić information content (AvgIpc) is 2.97. The van der Waals surface area contributed by atoms with Crippen molar-refractivity contribution >= 4 is 22.2 Å². The van der Waals surface area contributed by atoms with Gasteiger partial charge in [-0.05, 0) is 36.2 Å². The molecule has 3 aromatic rings. The molecule has 0 aliphatic rings. The Hall–Kier alpha value is -1.91. The lowest BCUT2D eigenvalue weighted by Gasteiger charge is -2.18. The van der Waals surface area contributed by atoms with Crippen LogP contribution in [0.3, 0.4) is 0 Å². The van der Waals surface area contributed by atoms with Gasteiger partial charge < -0.3 is 10.1 Å². The van der Waals surface area contributed by atoms with Crippen LogP contribution in [0.5, 0.6) is 5.75 Å². The first-order valence-electron chi connectivity index (χ1n) is 6.47. The van der Waals surface area contributed by atoms with Gasteiger partial charge in [-0.2, -0.15) is 0 Å². The monoisotopic (exact) mass is 284 g/mol. The molecule has 0 radical (unpaired) electrons. The third kappa shape index (κ3) is 2.17. The zero-order valence-corrected chi connectivity index (χ0v) is 12.3. The van der Waals surface area contributed by atoms with Crippen LogP contribution in [-0.4, -0.2) is 19.1 Å². The molecule has 0 saturated carbocycles. The van der Waals surface area contributed by atoms with Gasteiger partial charge in [-0.25, -0.2) is 0 Å². The van der Waals surface area contributed by atoms with Crippen molar-refractivity contribution in [2.24, 2.45) is 0 Å². The number of hydrogen-bond acceptors (Lipinski definition) is 4. The van der Waals surface area contributed by atoms with Crippen LogP contribution in [0.1, 0.15) is 16.5 Å². The van der Waals surface area contributed by atoms with Gasteiger partial charge in [0.05, 0.1) is 23.5 Å². The molecule has 0 bridgehead atoms. The number of benzene rings is 1. The Morgan fingerprint density at radius 2 is 2.10 bits per heavy atom. The number of thiophene rings is 1. The van der Waals surface area contributed by atoms with E-state index < -0.39 is 0 Å². The van der Waals surface area contributed by atoms with E-state index in [-0.39, 0.29) is 6.04 Å². The van der Waals surface area contributed by atoms with Crippen molar-refractivity contribution in [2.45, 2.75) is 6.04 Å². The summed E-state index contributed by atoms with van der Waals surface area (Å²) in [6, 6.07) is 12.4. The first kappa shape index (κ1) is 13.1. The highest BCUT2D eigenvalue weighted by atomic mass is 32.1. The molecule has 3 rings (SSSR count). The minimum Gasteiger partial charge on any atom is -0.496 e. The Morgan fingerprint density at radius 1 is 1.20 bits per heavy atom. The van der Waals surface area contributed by atoms with Crippen molar-refractivity contribution in [3.63, 3.8) is 0 Å². The van der Waals surface area contributed by atoms with Gasteiger partial charge in [0, 0.05) is 11.6 Å². The summed E-state index contributed by atoms with van der Waals surface area (Å²) < 4.78 is 5.46. The molecule has 2 heterocycles. The largest absolute Gasteiger partial charge is 0.496 e. The van der Waals surface area contributed by atoms with Crippen LogP contribution in [-0.2, 0) is 0 Å². The topological polar surface area (TPSA) is 34.1 Å². The lowest BCUT2D eigenvalue weighted by Crippen LogP contribution is -2.17. The Morgan fingerprint density at radius 3 is 2.90 bits per heavy atom. The molecule has 0 saturated heterocycles. The third-order valence-corrected chi connectivity index (χ3v) is 4.38. The van der Waals surface area contributed by atoms with E-state index in [0.29, 0.717) is 0 Å². The molecule has 0 spiro atoms. The van der Waals surface area contributed by atoms with E-state index in [1.165, 1.54) is 15.8 Å². The highest BCUT2D eigenvalue weighted by Gasteiger charge is 2.19. The van der Waals surface area contributed by atoms with Gasteiger partial charge in [-0.3, -0.25) is 4.98 Å².